The van der Waals surface area contributed by atoms with Crippen molar-refractivity contribution >= 4 is 5.96 Å². The van der Waals surface area contributed by atoms with Crippen LogP contribution in [-0.4, -0.2) is 20.1 Å². The molecule has 6 nitrogen and oxygen atoms in total. The van der Waals surface area contributed by atoms with Crippen LogP contribution in [0.25, 0.3) is 0 Å². The number of nitrogens with zero attached hydrogens (tertiary/aromatic N) is 1. The Balaban J connectivity index is 3.59. The van der Waals surface area contributed by atoms with E-state index in [1.165, 1.54) is 14.1 Å². The topological polar surface area (TPSA) is 87.1 Å². The molecule has 0 rings (SSSR count). The third-order valence-corrected chi connectivity index (χ3v) is 0.645. The number of hydrogen-bond donors (Lipinski definition) is 3. The molecule has 0 spiro atoms. The molecular formula is C3H10N4O2. The number of hydroxylamine groups is 3. The Morgan fingerprint density at radius 1 is 1.89 bits per heavy atom. The third kappa shape index (κ3) is 2.98. The fourth-order valence-corrected chi connectivity index (χ4v) is 0.236. The molecule has 0 aliphatic rings. The molecule has 0 fully saturated rings. The van der Waals surface area contributed by atoms with E-state index in [1.54, 1.807) is 0 Å². The molecule has 0 bridgehead atoms. The van der Waals surface area contributed by atoms with Gasteiger partial charge >= 0.3 is 5.96 Å². The Hall–Kier alpha value is -0.690. The van der Waals surface area contributed by atoms with Gasteiger partial charge in [0.15, 0.2) is 0 Å². The molecule has 0 aromatic rings. The lowest BCUT2D eigenvalue weighted by Crippen LogP contribution is -3.11. The molecule has 9 heavy (non-hydrogen) atoms. The lowest BCUT2D eigenvalue weighted by atomic mass is 11.0. The molecule has 0 saturated carbocycles. The Morgan fingerprint density at radius 2 is 2.44 bits per heavy atom. The van der Waals surface area contributed by atoms with Crippen LogP contribution in [0.1, 0.15) is 0 Å². The molecule has 0 aromatic heterocycles. The summed E-state index contributed by atoms with van der Waals surface area (Å²) in [6.45, 7) is 0. The van der Waals surface area contributed by atoms with Gasteiger partial charge in [0.1, 0.15) is 0 Å². The van der Waals surface area contributed by atoms with Crippen LogP contribution >= 0.6 is 0 Å². The van der Waals surface area contributed by atoms with E-state index in [2.05, 4.69) is 15.4 Å². The van der Waals surface area contributed by atoms with Crippen molar-refractivity contribution in [3.63, 3.8) is 0 Å². The molecule has 0 heterocycles. The van der Waals surface area contributed by atoms with Crippen LogP contribution in [0, 0.1) is 5.21 Å². The molecule has 1 atom stereocenters. The molecule has 4 N–H and O–H groups in total. The number of nitrogens with one attached hydrogen (secondary N) is 2. The average molecular weight is 134 g/mol. The predicted octanol–water partition coefficient (Wildman–Crippen LogP) is -2.62. The van der Waals surface area contributed by atoms with Crippen molar-refractivity contribution < 1.29 is 10.2 Å². The molecule has 6 heteroatoms. The highest BCUT2D eigenvalue weighted by Gasteiger charge is 1.99. The smallest absolute Gasteiger partial charge is 0.328 e. The predicted molar refractivity (Wildman–Crippen MR) is 32.0 cm³/mol. The van der Waals surface area contributed by atoms with Crippen LogP contribution in [-0.2, 0) is 4.94 Å². The van der Waals surface area contributed by atoms with Crippen LogP contribution < -0.4 is 16.4 Å². The fraction of sp³-hybridized carbons (Fsp3) is 0.667. The van der Waals surface area contributed by atoms with Gasteiger partial charge in [-0.15, -0.1) is 15.6 Å². The van der Waals surface area contributed by atoms with Crippen LogP contribution in [0.4, 0.5) is 0 Å². The van der Waals surface area contributed by atoms with E-state index in [4.69, 9.17) is 5.73 Å². The summed E-state index contributed by atoms with van der Waals surface area (Å²) in [7, 11) is 2.87. The highest BCUT2D eigenvalue weighted by Crippen LogP contribution is 1.47. The molecule has 0 aliphatic heterocycles. The van der Waals surface area contributed by atoms with Gasteiger partial charge in [-0.05, 0) is 0 Å². The average Bonchev–Trinajstić information content (AvgIpc) is 1.87. The summed E-state index contributed by atoms with van der Waals surface area (Å²) in [6.07, 6.45) is 0. The van der Waals surface area contributed by atoms with Gasteiger partial charge in [-0.3, -0.25) is 0 Å². The first-order valence-corrected chi connectivity index (χ1v) is 2.32. The van der Waals surface area contributed by atoms with E-state index in [0.717, 1.165) is 0 Å². The highest BCUT2D eigenvalue weighted by atomic mass is 17.0. The Labute approximate surface area is 52.8 Å². The van der Waals surface area contributed by atoms with Gasteiger partial charge in [-0.2, -0.15) is 0 Å². The van der Waals surface area contributed by atoms with E-state index >= 15 is 0 Å². The third-order valence-electron chi connectivity index (χ3n) is 0.645. The minimum absolute atomic E-state index is 0.149. The molecular weight excluding hydrogens is 124 g/mol. The Kier molecular flexibility index (Phi) is 3.89. The Morgan fingerprint density at radius 3 is 2.78 bits per heavy atom. The number of aliphatic imine (C=N–C) groups is 1. The maximum atomic E-state index is 10.4. The standard InChI is InChI=1S/C3H10N4O2/c1-5-3(4)7(8)9-6-2/h6-7H,1-2H3,(H2,4,5). The van der Waals surface area contributed by atoms with Crippen LogP contribution in [0.5, 0.6) is 0 Å². The maximum Gasteiger partial charge on any atom is 0.328 e. The van der Waals surface area contributed by atoms with Crippen molar-refractivity contribution in [1.82, 2.24) is 5.48 Å². The fourth-order valence-electron chi connectivity index (χ4n) is 0.236. The first-order chi connectivity index (χ1) is 4.22. The molecule has 54 valence electrons. The summed E-state index contributed by atoms with van der Waals surface area (Å²) >= 11 is 0. The summed E-state index contributed by atoms with van der Waals surface area (Å²) in [5.74, 6) is -0.149. The van der Waals surface area contributed by atoms with Gasteiger partial charge in [-0.25, -0.2) is 4.99 Å². The zero-order valence-electron chi connectivity index (χ0n) is 5.34. The summed E-state index contributed by atoms with van der Waals surface area (Å²) < 4.78 is 0. The van der Waals surface area contributed by atoms with Crippen molar-refractivity contribution in [1.29, 1.82) is 0 Å². The molecule has 1 unspecified atom stereocenters. The number of quaternary nitrogens is 1. The minimum Gasteiger partial charge on any atom is -0.591 e. The zero-order chi connectivity index (χ0) is 7.28. The van der Waals surface area contributed by atoms with E-state index in [-0.39, 0.29) is 5.96 Å². The quantitative estimate of drug-likeness (QED) is 0.219. The maximum absolute atomic E-state index is 10.4. The van der Waals surface area contributed by atoms with E-state index in [9.17, 15) is 5.21 Å². The largest absolute Gasteiger partial charge is 0.591 e. The molecule has 0 saturated heterocycles. The number of nitrogens with two attached hydrogens (primary N) is 1. The number of hydrogen-bond acceptors (Lipinski definition) is 4. The molecule has 0 aromatic carbocycles. The van der Waals surface area contributed by atoms with Gasteiger partial charge in [0.25, 0.3) is 0 Å². The summed E-state index contributed by atoms with van der Waals surface area (Å²) in [4.78, 5) is 7.64. The number of guanidine groups is 1. The van der Waals surface area contributed by atoms with Crippen molar-refractivity contribution in [3.8, 4) is 0 Å². The normalized spacial score (nSPS) is 15.7. The lowest BCUT2D eigenvalue weighted by molar-refractivity contribution is -0.988. The van der Waals surface area contributed by atoms with Gasteiger partial charge in [0, 0.05) is 14.1 Å². The minimum atomic E-state index is -0.667. The number of rotatable bonds is 2. The van der Waals surface area contributed by atoms with Crippen LogP contribution in [0.3, 0.4) is 0 Å². The van der Waals surface area contributed by atoms with Crippen molar-refractivity contribution in [2.24, 2.45) is 10.7 Å². The second kappa shape index (κ2) is 4.21. The summed E-state index contributed by atoms with van der Waals surface area (Å²) in [5, 5.41) is 9.77. The second-order valence-corrected chi connectivity index (χ2v) is 1.20. The Bertz CT molecular complexity index is 104. The van der Waals surface area contributed by atoms with Gasteiger partial charge < -0.3 is 10.9 Å². The lowest BCUT2D eigenvalue weighted by Gasteiger charge is -2.14. The highest BCUT2D eigenvalue weighted by molar-refractivity contribution is 5.67. The zero-order valence-corrected chi connectivity index (χ0v) is 5.34. The van der Waals surface area contributed by atoms with E-state index < -0.39 is 5.23 Å². The van der Waals surface area contributed by atoms with Crippen molar-refractivity contribution in [3.05, 3.63) is 5.21 Å². The molecule has 0 amide bonds. The first-order valence-electron chi connectivity index (χ1n) is 2.32. The van der Waals surface area contributed by atoms with Crippen molar-refractivity contribution in [2.75, 3.05) is 14.1 Å². The molecule has 0 radical (unpaired) electrons. The summed E-state index contributed by atoms with van der Waals surface area (Å²) in [5.41, 5.74) is 7.21. The molecule has 0 aliphatic carbocycles. The van der Waals surface area contributed by atoms with E-state index in [1.807, 2.05) is 0 Å². The monoisotopic (exact) mass is 134 g/mol. The summed E-state index contributed by atoms with van der Waals surface area (Å²) in [6, 6.07) is 0. The van der Waals surface area contributed by atoms with Gasteiger partial charge in [0.05, 0.1) is 0 Å². The second-order valence-electron chi connectivity index (χ2n) is 1.20. The van der Waals surface area contributed by atoms with Crippen LogP contribution in [0.15, 0.2) is 4.99 Å². The van der Waals surface area contributed by atoms with Gasteiger partial charge in [0.2, 0.25) is 0 Å². The van der Waals surface area contributed by atoms with Gasteiger partial charge in [-0.1, -0.05) is 0 Å². The SMILES string of the molecule is CN=C(N)[NH+]([O-])ONC. The van der Waals surface area contributed by atoms with Crippen molar-refractivity contribution in [2.45, 2.75) is 0 Å². The van der Waals surface area contributed by atoms with Crippen LogP contribution in [0.2, 0.25) is 0 Å². The van der Waals surface area contributed by atoms with E-state index in [0.29, 0.717) is 0 Å². The first kappa shape index (κ1) is 8.31.